The third-order valence-electron chi connectivity index (χ3n) is 3.57. The molecule has 2 aromatic carbocycles. The van der Waals surface area contributed by atoms with Gasteiger partial charge in [-0.25, -0.2) is 0 Å². The summed E-state index contributed by atoms with van der Waals surface area (Å²) in [6.07, 6.45) is 0.105. The van der Waals surface area contributed by atoms with Crippen LogP contribution in [0.25, 0.3) is 0 Å². The van der Waals surface area contributed by atoms with Crippen molar-refractivity contribution in [3.8, 4) is 0 Å². The van der Waals surface area contributed by atoms with Crippen LogP contribution in [0.5, 0.6) is 0 Å². The molecule has 0 radical (unpaired) electrons. The lowest BCUT2D eigenvalue weighted by molar-refractivity contribution is -0.122. The molecule has 3 N–H and O–H groups in total. The largest absolute Gasteiger partial charge is 0.375 e. The van der Waals surface area contributed by atoms with Crippen molar-refractivity contribution in [3.05, 3.63) is 71.8 Å². The van der Waals surface area contributed by atoms with Crippen LogP contribution in [-0.2, 0) is 9.53 Å². The molecule has 2 rings (SSSR count). The van der Waals surface area contributed by atoms with Gasteiger partial charge in [0.2, 0.25) is 5.91 Å². The summed E-state index contributed by atoms with van der Waals surface area (Å²) in [7, 11) is 1.64. The van der Waals surface area contributed by atoms with E-state index in [9.17, 15) is 4.79 Å². The van der Waals surface area contributed by atoms with E-state index in [0.717, 1.165) is 11.1 Å². The number of carbonyl (C=O) groups is 1. The first-order valence-corrected chi connectivity index (χ1v) is 7.35. The van der Waals surface area contributed by atoms with Gasteiger partial charge >= 0.3 is 0 Å². The number of hydrogen-bond donors (Lipinski definition) is 2. The molecule has 0 spiro atoms. The molecule has 22 heavy (non-hydrogen) atoms. The number of rotatable bonds is 7. The minimum Gasteiger partial charge on any atom is -0.375 e. The minimum atomic E-state index is -0.293. The fraction of sp³-hybridized carbons (Fsp3) is 0.278. The molecule has 0 bridgehead atoms. The van der Waals surface area contributed by atoms with Gasteiger partial charge < -0.3 is 15.8 Å². The van der Waals surface area contributed by atoms with E-state index < -0.39 is 0 Å². The predicted octanol–water partition coefficient (Wildman–Crippen LogP) is 2.58. The van der Waals surface area contributed by atoms with Crippen molar-refractivity contribution in [2.75, 3.05) is 13.7 Å². The Kier molecular flexibility index (Phi) is 6.13. The molecule has 4 nitrogen and oxygen atoms in total. The van der Waals surface area contributed by atoms with E-state index in [-0.39, 0.29) is 24.5 Å². The highest BCUT2D eigenvalue weighted by molar-refractivity contribution is 5.76. The van der Waals surface area contributed by atoms with Crippen molar-refractivity contribution < 1.29 is 9.53 Å². The van der Waals surface area contributed by atoms with Crippen LogP contribution in [0.2, 0.25) is 0 Å². The summed E-state index contributed by atoms with van der Waals surface area (Å²) >= 11 is 0. The molecule has 0 heterocycles. The zero-order valence-corrected chi connectivity index (χ0v) is 12.7. The SMILES string of the molecule is COC(CNC(=O)CC(N)c1ccccc1)c1ccccc1. The molecular weight excluding hydrogens is 276 g/mol. The minimum absolute atomic E-state index is 0.0747. The average Bonchev–Trinajstić information content (AvgIpc) is 2.57. The smallest absolute Gasteiger partial charge is 0.222 e. The summed E-state index contributed by atoms with van der Waals surface area (Å²) in [5.41, 5.74) is 8.06. The molecule has 116 valence electrons. The molecule has 0 saturated heterocycles. The maximum Gasteiger partial charge on any atom is 0.222 e. The van der Waals surface area contributed by atoms with Crippen molar-refractivity contribution in [2.45, 2.75) is 18.6 Å². The van der Waals surface area contributed by atoms with Crippen LogP contribution in [0.4, 0.5) is 0 Å². The molecule has 0 saturated carbocycles. The number of nitrogens with two attached hydrogens (primary N) is 1. The van der Waals surface area contributed by atoms with Gasteiger partial charge in [-0.2, -0.15) is 0 Å². The highest BCUT2D eigenvalue weighted by Gasteiger charge is 2.14. The van der Waals surface area contributed by atoms with Gasteiger partial charge in [0.05, 0.1) is 6.10 Å². The third kappa shape index (κ3) is 4.69. The molecule has 2 aromatic rings. The van der Waals surface area contributed by atoms with Crippen molar-refractivity contribution in [2.24, 2.45) is 5.73 Å². The number of hydrogen-bond acceptors (Lipinski definition) is 3. The Balaban J connectivity index is 1.84. The van der Waals surface area contributed by atoms with Gasteiger partial charge in [0.1, 0.15) is 0 Å². The van der Waals surface area contributed by atoms with Gasteiger partial charge in [-0.3, -0.25) is 4.79 Å². The van der Waals surface area contributed by atoms with Crippen LogP contribution >= 0.6 is 0 Å². The van der Waals surface area contributed by atoms with Crippen molar-refractivity contribution in [1.29, 1.82) is 0 Å². The first kappa shape index (κ1) is 16.2. The van der Waals surface area contributed by atoms with E-state index >= 15 is 0 Å². The molecule has 1 amide bonds. The molecule has 0 aliphatic carbocycles. The topological polar surface area (TPSA) is 64.3 Å². The van der Waals surface area contributed by atoms with Crippen LogP contribution in [-0.4, -0.2) is 19.6 Å². The van der Waals surface area contributed by atoms with E-state index in [0.29, 0.717) is 6.54 Å². The molecule has 0 aliphatic rings. The molecule has 0 aromatic heterocycles. The molecule has 4 heteroatoms. The van der Waals surface area contributed by atoms with Gasteiger partial charge in [-0.15, -0.1) is 0 Å². The van der Waals surface area contributed by atoms with Crippen molar-refractivity contribution in [3.63, 3.8) is 0 Å². The number of amides is 1. The van der Waals surface area contributed by atoms with Crippen LogP contribution in [0, 0.1) is 0 Å². The highest BCUT2D eigenvalue weighted by atomic mass is 16.5. The van der Waals surface area contributed by atoms with Crippen LogP contribution in [0.1, 0.15) is 29.7 Å². The lowest BCUT2D eigenvalue weighted by Crippen LogP contribution is -2.31. The Labute approximate surface area is 131 Å². The normalized spacial score (nSPS) is 13.4. The summed E-state index contributed by atoms with van der Waals surface area (Å²) in [4.78, 5) is 12.0. The number of nitrogens with one attached hydrogen (secondary N) is 1. The quantitative estimate of drug-likeness (QED) is 0.826. The van der Waals surface area contributed by atoms with E-state index in [1.807, 2.05) is 60.7 Å². The summed E-state index contributed by atoms with van der Waals surface area (Å²) in [6, 6.07) is 19.2. The van der Waals surface area contributed by atoms with Crippen molar-refractivity contribution >= 4 is 5.91 Å². The van der Waals surface area contributed by atoms with Gasteiger partial charge in [0.15, 0.2) is 0 Å². The third-order valence-corrected chi connectivity index (χ3v) is 3.57. The van der Waals surface area contributed by atoms with Gasteiger partial charge in [0.25, 0.3) is 0 Å². The number of ether oxygens (including phenoxy) is 1. The first-order chi connectivity index (χ1) is 10.7. The second-order valence-corrected chi connectivity index (χ2v) is 5.16. The molecule has 0 aliphatic heterocycles. The Morgan fingerprint density at radius 2 is 1.59 bits per heavy atom. The monoisotopic (exact) mass is 298 g/mol. The summed E-state index contributed by atoms with van der Waals surface area (Å²) < 4.78 is 5.43. The van der Waals surface area contributed by atoms with E-state index in [1.54, 1.807) is 7.11 Å². The fourth-order valence-electron chi connectivity index (χ4n) is 2.30. The van der Waals surface area contributed by atoms with Gasteiger partial charge in [-0.05, 0) is 11.1 Å². The number of carbonyl (C=O) groups excluding carboxylic acids is 1. The molecule has 2 unspecified atom stereocenters. The summed E-state index contributed by atoms with van der Waals surface area (Å²) in [5.74, 6) is -0.0747. The zero-order valence-electron chi connectivity index (χ0n) is 12.7. The van der Waals surface area contributed by atoms with Gasteiger partial charge in [0, 0.05) is 26.1 Å². The second kappa shape index (κ2) is 8.32. The Hall–Kier alpha value is -2.17. The summed E-state index contributed by atoms with van der Waals surface area (Å²) in [6.45, 7) is 0.431. The van der Waals surface area contributed by atoms with Gasteiger partial charge in [-0.1, -0.05) is 60.7 Å². The van der Waals surface area contributed by atoms with Crippen LogP contribution < -0.4 is 11.1 Å². The molecule has 2 atom stereocenters. The fourth-order valence-corrected chi connectivity index (χ4v) is 2.30. The van der Waals surface area contributed by atoms with E-state index in [1.165, 1.54) is 0 Å². The lowest BCUT2D eigenvalue weighted by atomic mass is 10.0. The average molecular weight is 298 g/mol. The predicted molar refractivity (Wildman–Crippen MR) is 87.2 cm³/mol. The highest BCUT2D eigenvalue weighted by Crippen LogP contribution is 2.16. The number of benzene rings is 2. The van der Waals surface area contributed by atoms with Crippen molar-refractivity contribution in [1.82, 2.24) is 5.32 Å². The maximum absolute atomic E-state index is 12.0. The zero-order chi connectivity index (χ0) is 15.8. The van der Waals surface area contributed by atoms with Crippen LogP contribution in [0.15, 0.2) is 60.7 Å². The Morgan fingerprint density at radius 1 is 1.05 bits per heavy atom. The second-order valence-electron chi connectivity index (χ2n) is 5.16. The Bertz CT molecular complexity index is 572. The van der Waals surface area contributed by atoms with E-state index in [2.05, 4.69) is 5.32 Å². The summed E-state index contributed by atoms with van der Waals surface area (Å²) in [5, 5.41) is 2.89. The standard InChI is InChI=1S/C18H22N2O2/c1-22-17(15-10-6-3-7-11-15)13-20-18(21)12-16(19)14-8-4-2-5-9-14/h2-11,16-17H,12-13,19H2,1H3,(H,20,21). The number of methoxy groups -OCH3 is 1. The lowest BCUT2D eigenvalue weighted by Gasteiger charge is -2.17. The van der Waals surface area contributed by atoms with Crippen LogP contribution in [0.3, 0.4) is 0 Å². The molecule has 0 fully saturated rings. The maximum atomic E-state index is 12.0. The van der Waals surface area contributed by atoms with E-state index in [4.69, 9.17) is 10.5 Å². The Morgan fingerprint density at radius 3 is 2.14 bits per heavy atom. The molecular formula is C18H22N2O2. The first-order valence-electron chi connectivity index (χ1n) is 7.35.